The molecule has 60 heavy (non-hydrogen) atoms. The molecule has 0 heterocycles. The smallest absolute Gasteiger partial charge is 0.306 e. The lowest BCUT2D eigenvalue weighted by Crippen LogP contribution is -2.55. The molecule has 0 aliphatic rings. The van der Waals surface area contributed by atoms with Crippen LogP contribution in [-0.4, -0.2) is 75.5 Å². The summed E-state index contributed by atoms with van der Waals surface area (Å²) in [6.45, 7) is 4.45. The van der Waals surface area contributed by atoms with Gasteiger partial charge in [0.05, 0.1) is 40.3 Å². The van der Waals surface area contributed by atoms with Crippen LogP contribution in [0.5, 0.6) is 0 Å². The van der Waals surface area contributed by atoms with Crippen molar-refractivity contribution in [2.24, 2.45) is 0 Å². The zero-order valence-corrected chi connectivity index (χ0v) is 39.4. The van der Waals surface area contributed by atoms with Gasteiger partial charge in [-0.3, -0.25) is 9.59 Å². The molecule has 8 heteroatoms. The largest absolute Gasteiger partial charge is 0.544 e. The van der Waals surface area contributed by atoms with E-state index in [0.717, 1.165) is 32.1 Å². The van der Waals surface area contributed by atoms with Crippen LogP contribution < -0.4 is 5.11 Å². The SMILES string of the molecule is CC/C=C/C=C/C=C/C=C/C=C/CCCC(=O)OC(COCCC(C(=O)[O-])[N+](C)(C)C)COC(=O)CCCCCCCCCCCCCCCCCCCCCCCCC. The third kappa shape index (κ3) is 40.4. The summed E-state index contributed by atoms with van der Waals surface area (Å²) in [5, 5.41) is 11.6. The second-order valence-electron chi connectivity index (χ2n) is 17.4. The molecule has 2 atom stereocenters. The Morgan fingerprint density at radius 2 is 0.933 bits per heavy atom. The number of carboxylic acid groups (broad SMARTS) is 1. The van der Waals surface area contributed by atoms with Gasteiger partial charge < -0.3 is 28.6 Å². The number of likely N-dealkylation sites (N-methyl/N-ethyl adjacent to an activating group) is 1. The summed E-state index contributed by atoms with van der Waals surface area (Å²) in [7, 11) is 5.38. The van der Waals surface area contributed by atoms with Gasteiger partial charge >= 0.3 is 11.9 Å². The first-order chi connectivity index (χ1) is 29.1. The summed E-state index contributed by atoms with van der Waals surface area (Å²) in [5.74, 6) is -1.83. The van der Waals surface area contributed by atoms with Crippen molar-refractivity contribution in [3.05, 3.63) is 60.8 Å². The lowest BCUT2D eigenvalue weighted by atomic mass is 10.0. The molecule has 0 N–H and O–H groups in total. The molecular formula is C52H91NO7. The van der Waals surface area contributed by atoms with Crippen LogP contribution in [-0.2, 0) is 28.6 Å². The predicted octanol–water partition coefficient (Wildman–Crippen LogP) is 12.4. The minimum Gasteiger partial charge on any atom is -0.544 e. The first-order valence-electron chi connectivity index (χ1n) is 24.4. The van der Waals surface area contributed by atoms with E-state index in [-0.39, 0.29) is 49.1 Å². The highest BCUT2D eigenvalue weighted by Gasteiger charge is 2.25. The number of hydrogen-bond acceptors (Lipinski definition) is 7. The number of hydrogen-bond donors (Lipinski definition) is 0. The fourth-order valence-electron chi connectivity index (χ4n) is 7.04. The first kappa shape index (κ1) is 57.0. The highest BCUT2D eigenvalue weighted by atomic mass is 16.6. The topological polar surface area (TPSA) is 102 Å². The van der Waals surface area contributed by atoms with Crippen molar-refractivity contribution in [1.29, 1.82) is 0 Å². The summed E-state index contributed by atoms with van der Waals surface area (Å²) in [6, 6.07) is -0.740. The standard InChI is InChI=1S/C52H91NO7/c1-6-8-10-12-14-16-18-20-21-22-23-24-25-26-27-28-29-31-32-34-36-38-40-42-50(54)59-47-48(46-58-45-44-49(52(56)57)53(3,4)5)60-51(55)43-41-39-37-35-33-30-19-17-15-13-11-9-7-2/h9,11,13,15,17,19,30,33,35,37,48-49H,6-8,10,12,14,16,18,20-29,31-32,34,36,38-47H2,1-5H3/b11-9+,15-13+,19-17+,33-30+,37-35+. The molecule has 0 aliphatic carbocycles. The summed E-state index contributed by atoms with van der Waals surface area (Å²) in [6.07, 6.45) is 52.8. The van der Waals surface area contributed by atoms with Crippen molar-refractivity contribution in [3.8, 4) is 0 Å². The minimum absolute atomic E-state index is 0.0116. The molecule has 346 valence electrons. The van der Waals surface area contributed by atoms with E-state index < -0.39 is 18.1 Å². The van der Waals surface area contributed by atoms with E-state index in [4.69, 9.17) is 14.2 Å². The predicted molar refractivity (Wildman–Crippen MR) is 249 cm³/mol. The first-order valence-corrected chi connectivity index (χ1v) is 24.4. The molecule has 8 nitrogen and oxygen atoms in total. The molecule has 0 aromatic heterocycles. The number of aliphatic carboxylic acids is 1. The molecule has 0 rings (SSSR count). The van der Waals surface area contributed by atoms with Gasteiger partial charge in [-0.15, -0.1) is 0 Å². The van der Waals surface area contributed by atoms with Crippen molar-refractivity contribution >= 4 is 17.9 Å². The van der Waals surface area contributed by atoms with Crippen LogP contribution in [0.15, 0.2) is 60.8 Å². The maximum Gasteiger partial charge on any atom is 0.306 e. The molecule has 0 fully saturated rings. The highest BCUT2D eigenvalue weighted by molar-refractivity contribution is 5.70. The number of quaternary nitrogens is 1. The third-order valence-electron chi connectivity index (χ3n) is 10.8. The fourth-order valence-corrected chi connectivity index (χ4v) is 7.04. The van der Waals surface area contributed by atoms with Crippen molar-refractivity contribution in [2.45, 2.75) is 212 Å². The van der Waals surface area contributed by atoms with Crippen LogP contribution in [0.2, 0.25) is 0 Å². The highest BCUT2D eigenvalue weighted by Crippen LogP contribution is 2.16. The number of nitrogens with zero attached hydrogens (tertiary/aromatic N) is 1. The molecule has 0 saturated carbocycles. The molecule has 0 spiro atoms. The van der Waals surface area contributed by atoms with Gasteiger partial charge in [0.25, 0.3) is 0 Å². The molecule has 0 aromatic carbocycles. The van der Waals surface area contributed by atoms with Crippen LogP contribution in [0.25, 0.3) is 0 Å². The van der Waals surface area contributed by atoms with Gasteiger partial charge in [-0.25, -0.2) is 0 Å². The molecule has 0 aromatic rings. The molecular weight excluding hydrogens is 751 g/mol. The molecule has 0 bridgehead atoms. The number of carboxylic acids is 1. The van der Waals surface area contributed by atoms with Gasteiger partial charge in [0, 0.05) is 19.3 Å². The number of carbonyl (C=O) groups excluding carboxylic acids is 3. The lowest BCUT2D eigenvalue weighted by molar-refractivity contribution is -0.889. The Balaban J connectivity index is 4.23. The molecule has 0 radical (unpaired) electrons. The Kier molecular flexibility index (Phi) is 40.6. The summed E-state index contributed by atoms with van der Waals surface area (Å²) in [5.41, 5.74) is 0. The average molecular weight is 842 g/mol. The van der Waals surface area contributed by atoms with E-state index in [1.807, 2.05) is 54.7 Å². The van der Waals surface area contributed by atoms with Crippen LogP contribution in [0.4, 0.5) is 0 Å². The van der Waals surface area contributed by atoms with E-state index in [9.17, 15) is 19.5 Å². The summed E-state index contributed by atoms with van der Waals surface area (Å²) in [4.78, 5) is 36.9. The maximum absolute atomic E-state index is 12.7. The van der Waals surface area contributed by atoms with Crippen molar-refractivity contribution < 1.29 is 38.2 Å². The Labute approximate surface area is 368 Å². The third-order valence-corrected chi connectivity index (χ3v) is 10.8. The van der Waals surface area contributed by atoms with E-state index >= 15 is 0 Å². The second kappa shape index (κ2) is 42.7. The summed E-state index contributed by atoms with van der Waals surface area (Å²) < 4.78 is 17.1. The van der Waals surface area contributed by atoms with Crippen molar-refractivity contribution in [1.82, 2.24) is 0 Å². The van der Waals surface area contributed by atoms with Gasteiger partial charge in [0.1, 0.15) is 12.6 Å². The Morgan fingerprint density at radius 1 is 0.517 bits per heavy atom. The van der Waals surface area contributed by atoms with Gasteiger partial charge in [-0.2, -0.15) is 0 Å². The average Bonchev–Trinajstić information content (AvgIpc) is 3.21. The van der Waals surface area contributed by atoms with E-state index in [1.165, 1.54) is 128 Å². The quantitative estimate of drug-likeness (QED) is 0.0261. The number of esters is 2. The zero-order valence-electron chi connectivity index (χ0n) is 39.4. The number of allylic oxidation sites excluding steroid dienone is 10. The van der Waals surface area contributed by atoms with Gasteiger partial charge in [-0.1, -0.05) is 216 Å². The summed E-state index contributed by atoms with van der Waals surface area (Å²) >= 11 is 0. The molecule has 0 aliphatic heterocycles. The van der Waals surface area contributed by atoms with E-state index in [0.29, 0.717) is 12.8 Å². The van der Waals surface area contributed by atoms with Crippen LogP contribution in [0.3, 0.4) is 0 Å². The van der Waals surface area contributed by atoms with Crippen LogP contribution in [0, 0.1) is 0 Å². The molecule has 0 saturated heterocycles. The maximum atomic E-state index is 12.7. The van der Waals surface area contributed by atoms with E-state index in [1.54, 1.807) is 21.1 Å². The monoisotopic (exact) mass is 842 g/mol. The number of carbonyl (C=O) groups is 3. The normalized spacial score (nSPS) is 13.4. The van der Waals surface area contributed by atoms with Gasteiger partial charge in [-0.05, 0) is 25.7 Å². The molecule has 2 unspecified atom stereocenters. The Morgan fingerprint density at radius 3 is 1.37 bits per heavy atom. The minimum atomic E-state index is -1.14. The molecule has 0 amide bonds. The Hall–Kier alpha value is -2.97. The number of rotatable bonds is 43. The fraction of sp³-hybridized carbons (Fsp3) is 0.750. The Bertz CT molecular complexity index is 1170. The zero-order chi connectivity index (χ0) is 44.2. The number of ether oxygens (including phenoxy) is 3. The van der Waals surface area contributed by atoms with Crippen LogP contribution >= 0.6 is 0 Å². The second-order valence-corrected chi connectivity index (χ2v) is 17.4. The van der Waals surface area contributed by atoms with Crippen molar-refractivity contribution in [2.75, 3.05) is 41.0 Å². The van der Waals surface area contributed by atoms with E-state index in [2.05, 4.69) is 19.9 Å². The van der Waals surface area contributed by atoms with Crippen LogP contribution in [0.1, 0.15) is 200 Å². The van der Waals surface area contributed by atoms with Crippen molar-refractivity contribution in [3.63, 3.8) is 0 Å². The number of unbranched alkanes of at least 4 members (excludes halogenated alkanes) is 23. The van der Waals surface area contributed by atoms with Gasteiger partial charge in [0.15, 0.2) is 6.10 Å². The van der Waals surface area contributed by atoms with Gasteiger partial charge in [0.2, 0.25) is 0 Å². The lowest BCUT2D eigenvalue weighted by Gasteiger charge is -2.34.